The first-order valence-corrected chi connectivity index (χ1v) is 11.6. The fourth-order valence-electron chi connectivity index (χ4n) is 3.17. The number of unbranched alkanes of at least 4 members (excludes halogenated alkanes) is 4. The third kappa shape index (κ3) is 9.76. The predicted molar refractivity (Wildman–Crippen MR) is 130 cm³/mol. The van der Waals surface area contributed by atoms with E-state index in [1.54, 1.807) is 24.3 Å². The lowest BCUT2D eigenvalue weighted by Gasteiger charge is -2.10. The van der Waals surface area contributed by atoms with Crippen LogP contribution in [0.15, 0.2) is 42.5 Å². The minimum absolute atomic E-state index is 0.0135. The van der Waals surface area contributed by atoms with Crippen molar-refractivity contribution in [2.75, 3.05) is 11.9 Å². The van der Waals surface area contributed by atoms with Gasteiger partial charge in [-0.15, -0.1) is 0 Å². The van der Waals surface area contributed by atoms with Gasteiger partial charge in [-0.2, -0.15) is 0 Å². The molecule has 0 radical (unpaired) electrons. The Morgan fingerprint density at radius 2 is 1.52 bits per heavy atom. The number of rotatable bonds is 12. The molecule has 0 saturated carbocycles. The number of aryl methyl sites for hydroxylation is 2. The monoisotopic (exact) mass is 453 g/mol. The number of ether oxygens (including phenoxy) is 1. The van der Waals surface area contributed by atoms with E-state index in [0.717, 1.165) is 29.7 Å². The smallest absolute Gasteiger partial charge is 0.269 e. The zero-order valence-corrected chi connectivity index (χ0v) is 19.8. The molecular weight excluding hydrogens is 418 g/mol. The van der Waals surface area contributed by atoms with Crippen LogP contribution in [0, 0.1) is 13.8 Å². The van der Waals surface area contributed by atoms with Crippen molar-refractivity contribution in [2.45, 2.75) is 65.7 Å². The Balaban J connectivity index is 1.67. The highest BCUT2D eigenvalue weighted by molar-refractivity contribution is 5.96. The Labute approximate surface area is 196 Å². The maximum absolute atomic E-state index is 12.2. The van der Waals surface area contributed by atoms with Gasteiger partial charge >= 0.3 is 0 Å². The molecule has 0 aliphatic carbocycles. The van der Waals surface area contributed by atoms with Gasteiger partial charge in [0.1, 0.15) is 5.75 Å². The number of hydrazine groups is 1. The highest BCUT2D eigenvalue weighted by Gasteiger charge is 2.11. The van der Waals surface area contributed by atoms with Crippen LogP contribution in [-0.2, 0) is 9.59 Å². The van der Waals surface area contributed by atoms with Gasteiger partial charge in [0.2, 0.25) is 11.8 Å². The summed E-state index contributed by atoms with van der Waals surface area (Å²) in [4.78, 5) is 36.3. The van der Waals surface area contributed by atoms with Gasteiger partial charge in [-0.3, -0.25) is 25.2 Å². The fraction of sp³-hybridized carbons (Fsp3) is 0.423. The molecule has 2 aromatic rings. The third-order valence-corrected chi connectivity index (χ3v) is 5.19. The molecule has 2 aromatic carbocycles. The van der Waals surface area contributed by atoms with Gasteiger partial charge < -0.3 is 10.1 Å². The van der Waals surface area contributed by atoms with E-state index in [1.807, 2.05) is 32.0 Å². The van der Waals surface area contributed by atoms with E-state index < -0.39 is 11.8 Å². The normalized spacial score (nSPS) is 10.4. The molecule has 33 heavy (non-hydrogen) atoms. The minimum atomic E-state index is -0.442. The summed E-state index contributed by atoms with van der Waals surface area (Å²) in [6.45, 7) is 6.70. The highest BCUT2D eigenvalue weighted by Crippen LogP contribution is 2.17. The Hall–Kier alpha value is -3.35. The van der Waals surface area contributed by atoms with Crippen molar-refractivity contribution in [1.82, 2.24) is 10.9 Å². The first-order valence-electron chi connectivity index (χ1n) is 11.6. The summed E-state index contributed by atoms with van der Waals surface area (Å²) in [6.07, 6.45) is 5.83. The summed E-state index contributed by atoms with van der Waals surface area (Å²) in [5.74, 6) is -0.427. The van der Waals surface area contributed by atoms with Crippen molar-refractivity contribution in [2.24, 2.45) is 0 Å². The van der Waals surface area contributed by atoms with E-state index in [2.05, 4.69) is 23.1 Å². The second-order valence-electron chi connectivity index (χ2n) is 8.16. The van der Waals surface area contributed by atoms with E-state index in [4.69, 9.17) is 4.74 Å². The molecule has 0 saturated heterocycles. The Bertz CT molecular complexity index is 926. The third-order valence-electron chi connectivity index (χ3n) is 5.19. The summed E-state index contributed by atoms with van der Waals surface area (Å²) in [5, 5.41) is 2.81. The number of carbonyl (C=O) groups excluding carboxylic acids is 3. The van der Waals surface area contributed by atoms with Crippen LogP contribution in [0.1, 0.15) is 73.4 Å². The number of carbonyl (C=O) groups is 3. The van der Waals surface area contributed by atoms with Gasteiger partial charge in [0.15, 0.2) is 0 Å². The summed E-state index contributed by atoms with van der Waals surface area (Å²) >= 11 is 0. The van der Waals surface area contributed by atoms with Gasteiger partial charge in [-0.1, -0.05) is 44.7 Å². The molecule has 0 aromatic heterocycles. The largest absolute Gasteiger partial charge is 0.494 e. The molecule has 7 nitrogen and oxygen atoms in total. The van der Waals surface area contributed by atoms with Gasteiger partial charge in [0.25, 0.3) is 5.91 Å². The molecule has 0 aliphatic rings. The van der Waals surface area contributed by atoms with Crippen LogP contribution in [-0.4, -0.2) is 24.3 Å². The highest BCUT2D eigenvalue weighted by atomic mass is 16.5. The molecular formula is C26H35N3O4. The summed E-state index contributed by atoms with van der Waals surface area (Å²) < 4.78 is 5.69. The second-order valence-corrected chi connectivity index (χ2v) is 8.16. The quantitative estimate of drug-likeness (QED) is 0.317. The summed E-state index contributed by atoms with van der Waals surface area (Å²) in [5.41, 5.74) is 7.84. The van der Waals surface area contributed by atoms with E-state index in [-0.39, 0.29) is 18.7 Å². The molecule has 7 heteroatoms. The maximum Gasteiger partial charge on any atom is 0.269 e. The molecule has 0 aliphatic heterocycles. The minimum Gasteiger partial charge on any atom is -0.494 e. The lowest BCUT2D eigenvalue weighted by atomic mass is 10.1. The molecule has 0 fully saturated rings. The van der Waals surface area contributed by atoms with Crippen molar-refractivity contribution < 1.29 is 19.1 Å². The maximum atomic E-state index is 12.2. The van der Waals surface area contributed by atoms with Crippen LogP contribution in [0.2, 0.25) is 0 Å². The lowest BCUT2D eigenvalue weighted by Crippen LogP contribution is -2.41. The average Bonchev–Trinajstić information content (AvgIpc) is 2.81. The van der Waals surface area contributed by atoms with Crippen molar-refractivity contribution >= 4 is 23.4 Å². The van der Waals surface area contributed by atoms with E-state index in [0.29, 0.717) is 17.9 Å². The zero-order valence-electron chi connectivity index (χ0n) is 19.8. The standard InChI is InChI=1S/C26H35N3O4/c1-4-5-6-7-8-17-33-22-13-11-21(12-14-22)26(32)29-28-25(31)16-15-24(30)27-23-18-19(2)9-10-20(23)3/h9-14,18H,4-8,15-17H2,1-3H3,(H,27,30)(H,28,31)(H,29,32). The van der Waals surface area contributed by atoms with Gasteiger partial charge in [0, 0.05) is 24.1 Å². The van der Waals surface area contributed by atoms with Crippen molar-refractivity contribution in [3.05, 3.63) is 59.2 Å². The number of hydrogen-bond acceptors (Lipinski definition) is 4. The second kappa shape index (κ2) is 13.9. The van der Waals surface area contributed by atoms with Crippen LogP contribution in [0.4, 0.5) is 5.69 Å². The van der Waals surface area contributed by atoms with Gasteiger partial charge in [-0.25, -0.2) is 0 Å². The van der Waals surface area contributed by atoms with Crippen LogP contribution < -0.4 is 20.9 Å². The number of hydrogen-bond donors (Lipinski definition) is 3. The van der Waals surface area contributed by atoms with Crippen LogP contribution >= 0.6 is 0 Å². The lowest BCUT2D eigenvalue weighted by molar-refractivity contribution is -0.124. The molecule has 0 heterocycles. The van der Waals surface area contributed by atoms with E-state index in [1.165, 1.54) is 19.3 Å². The predicted octanol–water partition coefficient (Wildman–Crippen LogP) is 4.83. The zero-order chi connectivity index (χ0) is 24.1. The number of benzene rings is 2. The molecule has 3 amide bonds. The summed E-state index contributed by atoms with van der Waals surface area (Å²) in [6, 6.07) is 12.5. The van der Waals surface area contributed by atoms with Crippen molar-refractivity contribution in [3.8, 4) is 5.75 Å². The molecule has 0 unspecified atom stereocenters. The Morgan fingerprint density at radius 3 is 2.24 bits per heavy atom. The number of nitrogens with one attached hydrogen (secondary N) is 3. The molecule has 0 bridgehead atoms. The Morgan fingerprint density at radius 1 is 0.818 bits per heavy atom. The topological polar surface area (TPSA) is 96.5 Å². The first-order chi connectivity index (χ1) is 15.9. The SMILES string of the molecule is CCCCCCCOc1ccc(C(=O)NNC(=O)CCC(=O)Nc2cc(C)ccc2C)cc1. The first kappa shape index (κ1) is 25.9. The van der Waals surface area contributed by atoms with Crippen LogP contribution in [0.5, 0.6) is 5.75 Å². The molecule has 3 N–H and O–H groups in total. The fourth-order valence-corrected chi connectivity index (χ4v) is 3.17. The number of anilines is 1. The van der Waals surface area contributed by atoms with E-state index >= 15 is 0 Å². The summed E-state index contributed by atoms with van der Waals surface area (Å²) in [7, 11) is 0. The van der Waals surface area contributed by atoms with Crippen molar-refractivity contribution in [3.63, 3.8) is 0 Å². The molecule has 0 atom stereocenters. The van der Waals surface area contributed by atoms with Crippen LogP contribution in [0.25, 0.3) is 0 Å². The van der Waals surface area contributed by atoms with Crippen LogP contribution in [0.3, 0.4) is 0 Å². The number of amides is 3. The molecule has 0 spiro atoms. The van der Waals surface area contributed by atoms with E-state index in [9.17, 15) is 14.4 Å². The molecule has 2 rings (SSSR count). The average molecular weight is 454 g/mol. The van der Waals surface area contributed by atoms with Crippen molar-refractivity contribution in [1.29, 1.82) is 0 Å². The Kier molecular flexibility index (Phi) is 10.9. The van der Waals surface area contributed by atoms with Gasteiger partial charge in [0.05, 0.1) is 6.61 Å². The molecule has 178 valence electrons. The van der Waals surface area contributed by atoms with Gasteiger partial charge in [-0.05, 0) is 61.7 Å².